The minimum absolute atomic E-state index is 0.0391. The summed E-state index contributed by atoms with van der Waals surface area (Å²) in [5.74, 6) is 0.305. The fraction of sp³-hybridized carbons (Fsp3) is 0.625. The lowest BCUT2D eigenvalue weighted by atomic mass is 9.75. The van der Waals surface area contributed by atoms with Crippen molar-refractivity contribution in [3.8, 4) is 11.5 Å². The standard InChI is InChI=1S/C16H23BF2O4/c1-7-21-13-11(20-6)9-8-10(12(13)14(18)19)17-22-15(2,3)16(4,5)23-17/h8-9,14H,7H2,1-6H3. The predicted octanol–water partition coefficient (Wildman–Crippen LogP) is 3.33. The van der Waals surface area contributed by atoms with E-state index in [1.807, 2.05) is 27.7 Å². The molecule has 23 heavy (non-hydrogen) atoms. The summed E-state index contributed by atoms with van der Waals surface area (Å²) in [6, 6.07) is 3.14. The molecular weight excluding hydrogens is 305 g/mol. The lowest BCUT2D eigenvalue weighted by Gasteiger charge is -2.32. The molecule has 2 rings (SSSR count). The molecular formula is C16H23BF2O4. The fourth-order valence-electron chi connectivity index (χ4n) is 2.45. The number of ether oxygens (including phenoxy) is 2. The number of halogens is 2. The van der Waals surface area contributed by atoms with E-state index in [0.29, 0.717) is 0 Å². The highest BCUT2D eigenvalue weighted by atomic mass is 19.3. The van der Waals surface area contributed by atoms with Crippen molar-refractivity contribution < 1.29 is 27.6 Å². The second kappa shape index (κ2) is 6.28. The Labute approximate surface area is 136 Å². The molecule has 0 saturated carbocycles. The van der Waals surface area contributed by atoms with Crippen LogP contribution in [-0.4, -0.2) is 32.0 Å². The van der Waals surface area contributed by atoms with Crippen molar-refractivity contribution in [2.75, 3.05) is 13.7 Å². The van der Waals surface area contributed by atoms with Gasteiger partial charge in [0.05, 0.1) is 30.5 Å². The second-order valence-electron chi connectivity index (χ2n) is 6.42. The van der Waals surface area contributed by atoms with Crippen LogP contribution in [0.3, 0.4) is 0 Å². The molecule has 7 heteroatoms. The summed E-state index contributed by atoms with van der Waals surface area (Å²) in [6.07, 6.45) is -2.74. The zero-order chi connectivity index (χ0) is 17.4. The number of methoxy groups -OCH3 is 1. The third-order valence-corrected chi connectivity index (χ3v) is 4.43. The van der Waals surface area contributed by atoms with Gasteiger partial charge in [0, 0.05) is 0 Å². The highest BCUT2D eigenvalue weighted by Gasteiger charge is 2.53. The van der Waals surface area contributed by atoms with Crippen LogP contribution in [0.2, 0.25) is 0 Å². The third-order valence-electron chi connectivity index (χ3n) is 4.43. The molecule has 1 aromatic rings. The molecule has 0 amide bonds. The molecule has 0 spiro atoms. The summed E-state index contributed by atoms with van der Waals surface area (Å²) in [5, 5.41) is 0. The molecule has 0 atom stereocenters. The first-order chi connectivity index (χ1) is 10.6. The van der Waals surface area contributed by atoms with Gasteiger partial charge in [-0.25, -0.2) is 8.78 Å². The monoisotopic (exact) mass is 328 g/mol. The van der Waals surface area contributed by atoms with Crippen LogP contribution in [0, 0.1) is 0 Å². The van der Waals surface area contributed by atoms with Crippen molar-refractivity contribution in [3.05, 3.63) is 17.7 Å². The number of hydrogen-bond acceptors (Lipinski definition) is 4. The van der Waals surface area contributed by atoms with Crippen molar-refractivity contribution in [2.45, 2.75) is 52.2 Å². The van der Waals surface area contributed by atoms with E-state index >= 15 is 0 Å². The van der Waals surface area contributed by atoms with E-state index in [0.717, 1.165) is 0 Å². The van der Waals surface area contributed by atoms with Gasteiger partial charge in [0.15, 0.2) is 11.5 Å². The van der Waals surface area contributed by atoms with Crippen LogP contribution in [0.4, 0.5) is 8.78 Å². The number of benzene rings is 1. The molecule has 1 aromatic carbocycles. The van der Waals surface area contributed by atoms with Gasteiger partial charge in [-0.3, -0.25) is 0 Å². The zero-order valence-electron chi connectivity index (χ0n) is 14.4. The Bertz CT molecular complexity index is 559. The molecule has 1 fully saturated rings. The first kappa shape index (κ1) is 18.0. The van der Waals surface area contributed by atoms with E-state index in [1.54, 1.807) is 19.1 Å². The van der Waals surface area contributed by atoms with Gasteiger partial charge in [-0.05, 0) is 46.1 Å². The van der Waals surface area contributed by atoms with Gasteiger partial charge in [-0.15, -0.1) is 0 Å². The summed E-state index contributed by atoms with van der Waals surface area (Å²) in [4.78, 5) is 0. The Morgan fingerprint density at radius 3 is 2.13 bits per heavy atom. The van der Waals surface area contributed by atoms with Gasteiger partial charge in [0.1, 0.15) is 0 Å². The fourth-order valence-corrected chi connectivity index (χ4v) is 2.45. The van der Waals surface area contributed by atoms with Crippen molar-refractivity contribution in [2.24, 2.45) is 0 Å². The highest BCUT2D eigenvalue weighted by Crippen LogP contribution is 2.40. The first-order valence-electron chi connectivity index (χ1n) is 7.62. The summed E-state index contributed by atoms with van der Waals surface area (Å²) >= 11 is 0. The predicted molar refractivity (Wildman–Crippen MR) is 84.8 cm³/mol. The molecule has 0 aliphatic carbocycles. The smallest absolute Gasteiger partial charge is 0.493 e. The summed E-state index contributed by atoms with van der Waals surface area (Å²) in [5.41, 5.74) is -1.20. The maximum Gasteiger partial charge on any atom is 0.495 e. The van der Waals surface area contributed by atoms with Gasteiger partial charge >= 0.3 is 7.12 Å². The van der Waals surface area contributed by atoms with Crippen LogP contribution < -0.4 is 14.9 Å². The normalized spacial score (nSPS) is 19.3. The van der Waals surface area contributed by atoms with E-state index in [2.05, 4.69) is 0 Å². The molecule has 1 saturated heterocycles. The van der Waals surface area contributed by atoms with Crippen LogP contribution in [0.5, 0.6) is 11.5 Å². The van der Waals surface area contributed by atoms with E-state index in [9.17, 15) is 8.78 Å². The SMILES string of the molecule is CCOc1c(OC)ccc(B2OC(C)(C)C(C)(C)O2)c1C(F)F. The van der Waals surface area contributed by atoms with E-state index < -0.39 is 24.7 Å². The first-order valence-corrected chi connectivity index (χ1v) is 7.62. The molecule has 1 aliphatic heterocycles. The molecule has 0 radical (unpaired) electrons. The molecule has 0 unspecified atom stereocenters. The number of rotatable bonds is 5. The molecule has 128 valence electrons. The Kier molecular flexibility index (Phi) is 4.92. The van der Waals surface area contributed by atoms with Gasteiger partial charge < -0.3 is 18.8 Å². The van der Waals surface area contributed by atoms with Crippen LogP contribution >= 0.6 is 0 Å². The average molecular weight is 328 g/mol. The summed E-state index contributed by atoms with van der Waals surface area (Å²) < 4.78 is 49.8. The Balaban J connectivity index is 2.53. The maximum atomic E-state index is 13.7. The van der Waals surface area contributed by atoms with Gasteiger partial charge in [0.25, 0.3) is 6.43 Å². The molecule has 0 bridgehead atoms. The van der Waals surface area contributed by atoms with Crippen molar-refractivity contribution in [1.29, 1.82) is 0 Å². The number of hydrogen-bond donors (Lipinski definition) is 0. The Morgan fingerprint density at radius 2 is 1.70 bits per heavy atom. The topological polar surface area (TPSA) is 36.9 Å². The lowest BCUT2D eigenvalue weighted by Crippen LogP contribution is -2.41. The zero-order valence-corrected chi connectivity index (χ0v) is 14.4. The molecule has 0 N–H and O–H groups in total. The molecule has 1 aliphatic rings. The third kappa shape index (κ3) is 3.17. The molecule has 0 aromatic heterocycles. The van der Waals surface area contributed by atoms with E-state index in [-0.39, 0.29) is 29.1 Å². The second-order valence-corrected chi connectivity index (χ2v) is 6.42. The highest BCUT2D eigenvalue weighted by molar-refractivity contribution is 6.62. The van der Waals surface area contributed by atoms with Crippen LogP contribution in [-0.2, 0) is 9.31 Å². The van der Waals surface area contributed by atoms with Crippen LogP contribution in [0.15, 0.2) is 12.1 Å². The van der Waals surface area contributed by atoms with Crippen molar-refractivity contribution >= 4 is 12.6 Å². The Hall–Kier alpha value is -1.34. The van der Waals surface area contributed by atoms with Gasteiger partial charge in [-0.2, -0.15) is 0 Å². The maximum absolute atomic E-state index is 13.7. The molecule has 1 heterocycles. The lowest BCUT2D eigenvalue weighted by molar-refractivity contribution is 0.00578. The van der Waals surface area contributed by atoms with Crippen LogP contribution in [0.25, 0.3) is 0 Å². The van der Waals surface area contributed by atoms with Gasteiger partial charge in [0.2, 0.25) is 0 Å². The summed E-state index contributed by atoms with van der Waals surface area (Å²) in [7, 11) is 0.538. The largest absolute Gasteiger partial charge is 0.495 e. The molecule has 4 nitrogen and oxygen atoms in total. The minimum Gasteiger partial charge on any atom is -0.493 e. The van der Waals surface area contributed by atoms with E-state index in [4.69, 9.17) is 18.8 Å². The van der Waals surface area contributed by atoms with Crippen LogP contribution in [0.1, 0.15) is 46.6 Å². The van der Waals surface area contributed by atoms with E-state index in [1.165, 1.54) is 7.11 Å². The van der Waals surface area contributed by atoms with Crippen molar-refractivity contribution in [1.82, 2.24) is 0 Å². The Morgan fingerprint density at radius 1 is 1.13 bits per heavy atom. The minimum atomic E-state index is -2.74. The van der Waals surface area contributed by atoms with Crippen molar-refractivity contribution in [3.63, 3.8) is 0 Å². The number of alkyl halides is 2. The quantitative estimate of drug-likeness (QED) is 0.777. The summed E-state index contributed by atoms with van der Waals surface area (Å²) in [6.45, 7) is 9.49. The van der Waals surface area contributed by atoms with Gasteiger partial charge in [-0.1, -0.05) is 6.07 Å². The average Bonchev–Trinajstić information content (AvgIpc) is 2.66.